The molecule has 0 bridgehead atoms. The van der Waals surface area contributed by atoms with Gasteiger partial charge in [0.2, 0.25) is 0 Å². The predicted molar refractivity (Wildman–Crippen MR) is 90.9 cm³/mol. The Morgan fingerprint density at radius 2 is 1.96 bits per heavy atom. The zero-order valence-corrected chi connectivity index (χ0v) is 13.9. The number of halogens is 2. The molecular weight excluding hydrogens is 335 g/mol. The molecule has 3 nitrogen and oxygen atoms in total. The van der Waals surface area contributed by atoms with Crippen molar-refractivity contribution in [3.8, 4) is 0 Å². The highest BCUT2D eigenvalue weighted by Crippen LogP contribution is 2.24. The van der Waals surface area contributed by atoms with Gasteiger partial charge >= 0.3 is 5.97 Å². The average Bonchev–Trinajstić information content (AvgIpc) is 2.90. The van der Waals surface area contributed by atoms with E-state index in [4.69, 9.17) is 32.4 Å². The molecule has 2 aromatic carbocycles. The number of aryl methyl sites for hydroxylation is 1. The van der Waals surface area contributed by atoms with E-state index >= 15 is 0 Å². The van der Waals surface area contributed by atoms with Crippen LogP contribution in [0.4, 0.5) is 0 Å². The topological polar surface area (TPSA) is 39.4 Å². The lowest BCUT2D eigenvalue weighted by molar-refractivity contribution is -0.144. The number of benzene rings is 2. The van der Waals surface area contributed by atoms with Gasteiger partial charge in [0.1, 0.15) is 12.2 Å². The van der Waals surface area contributed by atoms with Gasteiger partial charge in [-0.2, -0.15) is 0 Å². The number of esters is 1. The Morgan fingerprint density at radius 1 is 1.13 bits per heavy atom. The fourth-order valence-corrected chi connectivity index (χ4v) is 2.65. The molecule has 0 saturated carbocycles. The molecule has 0 aliphatic heterocycles. The molecule has 0 aliphatic carbocycles. The monoisotopic (exact) mass is 348 g/mol. The molecule has 0 N–H and O–H groups in total. The van der Waals surface area contributed by atoms with E-state index in [0.717, 1.165) is 27.7 Å². The normalized spacial score (nSPS) is 10.9. The Balaban J connectivity index is 1.65. The smallest absolute Gasteiger partial charge is 0.310 e. The highest BCUT2D eigenvalue weighted by Gasteiger charge is 2.12. The summed E-state index contributed by atoms with van der Waals surface area (Å²) in [5, 5.41) is 1.85. The van der Waals surface area contributed by atoms with Gasteiger partial charge in [0.25, 0.3) is 0 Å². The van der Waals surface area contributed by atoms with Crippen molar-refractivity contribution in [3.05, 3.63) is 69.4 Å². The lowest BCUT2D eigenvalue weighted by Crippen LogP contribution is -2.07. The summed E-state index contributed by atoms with van der Waals surface area (Å²) in [6, 6.07) is 11.0. The number of fused-ring (bicyclic) bond motifs is 1. The van der Waals surface area contributed by atoms with E-state index < -0.39 is 0 Å². The number of carbonyl (C=O) groups is 1. The number of furan rings is 1. The third kappa shape index (κ3) is 3.69. The van der Waals surface area contributed by atoms with E-state index in [2.05, 4.69) is 0 Å². The molecule has 23 heavy (non-hydrogen) atoms. The first kappa shape index (κ1) is 15.9. The molecule has 0 fully saturated rings. The minimum atomic E-state index is -0.320. The second-order valence-corrected chi connectivity index (χ2v) is 6.16. The van der Waals surface area contributed by atoms with Crippen LogP contribution in [-0.2, 0) is 22.6 Å². The molecule has 1 heterocycles. The predicted octanol–water partition coefficient (Wildman–Crippen LogP) is 5.33. The number of hydrogen-bond donors (Lipinski definition) is 0. The molecule has 0 atom stereocenters. The van der Waals surface area contributed by atoms with Crippen LogP contribution >= 0.6 is 23.2 Å². The van der Waals surface area contributed by atoms with E-state index in [-0.39, 0.29) is 19.0 Å². The van der Waals surface area contributed by atoms with Gasteiger partial charge in [-0.1, -0.05) is 41.4 Å². The van der Waals surface area contributed by atoms with Crippen LogP contribution < -0.4 is 0 Å². The first-order valence-corrected chi connectivity index (χ1v) is 7.85. The Morgan fingerprint density at radius 3 is 2.74 bits per heavy atom. The molecule has 118 valence electrons. The van der Waals surface area contributed by atoms with Gasteiger partial charge in [-0.25, -0.2) is 0 Å². The van der Waals surface area contributed by atoms with Crippen LogP contribution in [0.3, 0.4) is 0 Å². The van der Waals surface area contributed by atoms with E-state index in [9.17, 15) is 4.79 Å². The minimum Gasteiger partial charge on any atom is -0.464 e. The SMILES string of the molecule is Cc1ccc2c(CC(=O)OCc3ccc(Cl)c(Cl)c3)coc2c1. The van der Waals surface area contributed by atoms with Crippen LogP contribution in [0.25, 0.3) is 11.0 Å². The zero-order valence-electron chi connectivity index (χ0n) is 12.4. The second-order valence-electron chi connectivity index (χ2n) is 5.35. The molecule has 3 aromatic rings. The van der Waals surface area contributed by atoms with E-state index in [0.29, 0.717) is 10.0 Å². The molecule has 0 saturated heterocycles. The molecule has 0 spiro atoms. The van der Waals surface area contributed by atoms with E-state index in [1.807, 2.05) is 25.1 Å². The minimum absolute atomic E-state index is 0.157. The van der Waals surface area contributed by atoms with Gasteiger partial charge in [-0.05, 0) is 36.2 Å². The Bertz CT molecular complexity index is 868. The third-order valence-electron chi connectivity index (χ3n) is 3.53. The first-order valence-electron chi connectivity index (χ1n) is 7.09. The quantitative estimate of drug-likeness (QED) is 0.598. The summed E-state index contributed by atoms with van der Waals surface area (Å²) in [7, 11) is 0. The second kappa shape index (κ2) is 6.65. The maximum atomic E-state index is 12.0. The van der Waals surface area contributed by atoms with Crippen LogP contribution in [0, 0.1) is 6.92 Å². The molecule has 0 unspecified atom stereocenters. The van der Waals surface area contributed by atoms with Gasteiger partial charge in [0.05, 0.1) is 22.7 Å². The molecule has 0 aliphatic rings. The van der Waals surface area contributed by atoms with Crippen LogP contribution in [0.15, 0.2) is 47.1 Å². The van der Waals surface area contributed by atoms with Crippen molar-refractivity contribution in [2.75, 3.05) is 0 Å². The Labute approximate surface area is 143 Å². The molecule has 3 rings (SSSR count). The van der Waals surface area contributed by atoms with Crippen LogP contribution in [0.2, 0.25) is 10.0 Å². The fourth-order valence-electron chi connectivity index (χ4n) is 2.33. The molecular formula is C18H14Cl2O3. The number of hydrogen-bond acceptors (Lipinski definition) is 3. The molecule has 0 radical (unpaired) electrons. The lowest BCUT2D eigenvalue weighted by Gasteiger charge is -2.05. The van der Waals surface area contributed by atoms with Crippen LogP contribution in [0.5, 0.6) is 0 Å². The van der Waals surface area contributed by atoms with Crippen LogP contribution in [0.1, 0.15) is 16.7 Å². The number of carbonyl (C=O) groups excluding carboxylic acids is 1. The third-order valence-corrected chi connectivity index (χ3v) is 4.27. The van der Waals surface area contributed by atoms with Gasteiger partial charge in [-0.3, -0.25) is 4.79 Å². The lowest BCUT2D eigenvalue weighted by atomic mass is 10.1. The fraction of sp³-hybridized carbons (Fsp3) is 0.167. The maximum absolute atomic E-state index is 12.0. The van der Waals surface area contributed by atoms with Gasteiger partial charge in [0, 0.05) is 10.9 Å². The largest absolute Gasteiger partial charge is 0.464 e. The van der Waals surface area contributed by atoms with E-state index in [1.165, 1.54) is 0 Å². The summed E-state index contributed by atoms with van der Waals surface area (Å²) < 4.78 is 10.8. The summed E-state index contributed by atoms with van der Waals surface area (Å²) in [5.74, 6) is -0.320. The molecule has 5 heteroatoms. The van der Waals surface area contributed by atoms with Crippen LogP contribution in [-0.4, -0.2) is 5.97 Å². The first-order chi connectivity index (χ1) is 11.0. The van der Waals surface area contributed by atoms with Crippen molar-refractivity contribution < 1.29 is 13.9 Å². The van der Waals surface area contributed by atoms with Crippen molar-refractivity contribution in [3.63, 3.8) is 0 Å². The van der Waals surface area contributed by atoms with Gasteiger partial charge in [-0.15, -0.1) is 0 Å². The summed E-state index contributed by atoms with van der Waals surface area (Å²) >= 11 is 11.8. The number of rotatable bonds is 4. The molecule has 1 aromatic heterocycles. The maximum Gasteiger partial charge on any atom is 0.310 e. The highest BCUT2D eigenvalue weighted by molar-refractivity contribution is 6.42. The summed E-state index contributed by atoms with van der Waals surface area (Å²) in [4.78, 5) is 12.0. The van der Waals surface area contributed by atoms with Crippen molar-refractivity contribution >= 4 is 40.1 Å². The standard InChI is InChI=1S/C18H14Cl2O3/c1-11-2-4-14-13(10-22-17(14)6-11)8-18(21)23-9-12-3-5-15(19)16(20)7-12/h2-7,10H,8-9H2,1H3. The van der Waals surface area contributed by atoms with Gasteiger partial charge in [0.15, 0.2) is 0 Å². The zero-order chi connectivity index (χ0) is 16.4. The Kier molecular flexibility index (Phi) is 4.60. The summed E-state index contributed by atoms with van der Waals surface area (Å²) in [5.41, 5.74) is 3.50. The number of ether oxygens (including phenoxy) is 1. The van der Waals surface area contributed by atoms with Crippen molar-refractivity contribution in [1.29, 1.82) is 0 Å². The van der Waals surface area contributed by atoms with Crippen molar-refractivity contribution in [2.24, 2.45) is 0 Å². The highest BCUT2D eigenvalue weighted by atomic mass is 35.5. The summed E-state index contributed by atoms with van der Waals surface area (Å²) in [6.07, 6.45) is 1.77. The average molecular weight is 349 g/mol. The van der Waals surface area contributed by atoms with Gasteiger partial charge < -0.3 is 9.15 Å². The van der Waals surface area contributed by atoms with E-state index in [1.54, 1.807) is 24.5 Å². The summed E-state index contributed by atoms with van der Waals surface area (Å²) in [6.45, 7) is 2.15. The molecule has 0 amide bonds. The Hall–Kier alpha value is -1.97. The van der Waals surface area contributed by atoms with Crippen molar-refractivity contribution in [1.82, 2.24) is 0 Å². The van der Waals surface area contributed by atoms with Crippen molar-refractivity contribution in [2.45, 2.75) is 20.0 Å².